The number of nitrogens with one attached hydrogen (secondary N) is 1. The molecule has 0 amide bonds. The van der Waals surface area contributed by atoms with Gasteiger partial charge in [-0.2, -0.15) is 4.98 Å². The summed E-state index contributed by atoms with van der Waals surface area (Å²) in [6.07, 6.45) is 6.84. The molecular weight excluding hydrogens is 433 g/mol. The highest BCUT2D eigenvalue weighted by Crippen LogP contribution is 2.40. The number of rotatable bonds is 5. The zero-order valence-corrected chi connectivity index (χ0v) is 19.4. The summed E-state index contributed by atoms with van der Waals surface area (Å²) in [6, 6.07) is 8.63. The second-order valence-electron chi connectivity index (χ2n) is 9.76. The number of hydrogen-bond acceptors (Lipinski definition) is 7. The van der Waals surface area contributed by atoms with Crippen molar-refractivity contribution in [1.29, 1.82) is 0 Å². The number of aryl methyl sites for hydroxylation is 2. The third-order valence-corrected chi connectivity index (χ3v) is 7.41. The first kappa shape index (κ1) is 21.3. The van der Waals surface area contributed by atoms with Gasteiger partial charge in [-0.05, 0) is 75.1 Å². The Morgan fingerprint density at radius 2 is 1.82 bits per heavy atom. The van der Waals surface area contributed by atoms with E-state index in [0.717, 1.165) is 56.2 Å². The number of ether oxygens (including phenoxy) is 1. The number of halogens is 1. The van der Waals surface area contributed by atoms with E-state index in [1.54, 1.807) is 18.5 Å². The summed E-state index contributed by atoms with van der Waals surface area (Å²) >= 11 is 0. The van der Waals surface area contributed by atoms with Gasteiger partial charge >= 0.3 is 0 Å². The van der Waals surface area contributed by atoms with Gasteiger partial charge in [-0.1, -0.05) is 0 Å². The van der Waals surface area contributed by atoms with E-state index in [2.05, 4.69) is 26.3 Å². The molecule has 2 bridgehead atoms. The summed E-state index contributed by atoms with van der Waals surface area (Å²) in [7, 11) is 0. The number of aromatic nitrogens is 5. The molecule has 0 spiro atoms. The van der Waals surface area contributed by atoms with Gasteiger partial charge in [-0.15, -0.1) is 5.10 Å². The van der Waals surface area contributed by atoms with E-state index in [1.807, 2.05) is 11.6 Å². The predicted molar refractivity (Wildman–Crippen MR) is 126 cm³/mol. The van der Waals surface area contributed by atoms with Gasteiger partial charge in [0.2, 0.25) is 5.95 Å². The van der Waals surface area contributed by atoms with Gasteiger partial charge in [0.1, 0.15) is 23.7 Å². The Morgan fingerprint density at radius 1 is 1.03 bits per heavy atom. The average Bonchev–Trinajstić information content (AvgIpc) is 3.25. The van der Waals surface area contributed by atoms with E-state index < -0.39 is 0 Å². The van der Waals surface area contributed by atoms with Crippen molar-refractivity contribution in [2.45, 2.75) is 57.7 Å². The average molecular weight is 464 g/mol. The van der Waals surface area contributed by atoms with Gasteiger partial charge in [-0.25, -0.2) is 19.0 Å². The molecule has 8 nitrogen and oxygen atoms in total. The molecule has 2 fully saturated rings. The maximum atomic E-state index is 13.3. The third kappa shape index (κ3) is 4.19. The first-order valence-corrected chi connectivity index (χ1v) is 12.3. The van der Waals surface area contributed by atoms with Crippen molar-refractivity contribution in [2.24, 2.45) is 11.8 Å². The van der Waals surface area contributed by atoms with Crippen LogP contribution in [0.3, 0.4) is 0 Å². The molecule has 178 valence electrons. The molecule has 3 aromatic rings. The van der Waals surface area contributed by atoms with Crippen LogP contribution >= 0.6 is 0 Å². The maximum Gasteiger partial charge on any atom is 0.242 e. The predicted octanol–water partition coefficient (Wildman–Crippen LogP) is 4.15. The van der Waals surface area contributed by atoms with Crippen molar-refractivity contribution in [3.63, 3.8) is 0 Å². The monoisotopic (exact) mass is 463 g/mol. The van der Waals surface area contributed by atoms with Crippen LogP contribution in [0, 0.1) is 24.6 Å². The quantitative estimate of drug-likeness (QED) is 0.609. The molecule has 2 aliphatic heterocycles. The summed E-state index contributed by atoms with van der Waals surface area (Å²) in [5.41, 5.74) is 0.999. The van der Waals surface area contributed by atoms with Crippen LogP contribution in [0.4, 0.5) is 16.2 Å². The number of hydrogen-bond donors (Lipinski definition) is 1. The molecule has 1 N–H and O–H groups in total. The van der Waals surface area contributed by atoms with Gasteiger partial charge in [0, 0.05) is 37.4 Å². The van der Waals surface area contributed by atoms with E-state index >= 15 is 0 Å². The standard InChI is InChI=1S/C25H30FN7O/c1-16-12-22(28-15-27-16)32-13-17-5-6-18(14-32)23(17)29-25-30-24-21(4-2-3-11-33(24)31-25)34-20-9-7-19(26)8-10-20/h7-10,12,15,17-18,21,23H,2-6,11,13-14H2,1H3,(H,29,31)/t17-,18+,21-,23-/m1/s1. The molecule has 1 saturated carbocycles. The van der Waals surface area contributed by atoms with Crippen LogP contribution in [0.15, 0.2) is 36.7 Å². The lowest BCUT2D eigenvalue weighted by molar-refractivity contribution is 0.183. The fourth-order valence-electron chi connectivity index (χ4n) is 5.74. The number of piperidine rings is 1. The molecule has 0 unspecified atom stereocenters. The van der Waals surface area contributed by atoms with Crippen LogP contribution in [-0.4, -0.2) is 43.9 Å². The Kier molecular flexibility index (Phi) is 5.55. The molecule has 1 saturated heterocycles. The van der Waals surface area contributed by atoms with Gasteiger partial charge in [0.05, 0.1) is 0 Å². The van der Waals surface area contributed by atoms with Crippen molar-refractivity contribution >= 4 is 11.8 Å². The summed E-state index contributed by atoms with van der Waals surface area (Å²) < 4.78 is 21.5. The Hall–Kier alpha value is -3.23. The lowest BCUT2D eigenvalue weighted by Crippen LogP contribution is -2.48. The van der Waals surface area contributed by atoms with E-state index in [1.165, 1.54) is 25.0 Å². The van der Waals surface area contributed by atoms with Gasteiger partial charge in [-0.3, -0.25) is 0 Å². The van der Waals surface area contributed by atoms with E-state index in [4.69, 9.17) is 14.8 Å². The number of anilines is 2. The van der Waals surface area contributed by atoms with Crippen LogP contribution in [0.5, 0.6) is 5.75 Å². The van der Waals surface area contributed by atoms with Crippen molar-refractivity contribution in [3.8, 4) is 5.75 Å². The molecule has 0 radical (unpaired) electrons. The summed E-state index contributed by atoms with van der Waals surface area (Å²) in [5.74, 6) is 4.02. The summed E-state index contributed by atoms with van der Waals surface area (Å²) in [6.45, 7) is 4.81. The normalized spacial score (nSPS) is 26.1. The summed E-state index contributed by atoms with van der Waals surface area (Å²) in [5, 5.41) is 8.50. The minimum Gasteiger partial charge on any atom is -0.482 e. The van der Waals surface area contributed by atoms with Crippen LogP contribution in [0.1, 0.15) is 49.7 Å². The lowest BCUT2D eigenvalue weighted by Gasteiger charge is -2.38. The zero-order chi connectivity index (χ0) is 23.1. The highest BCUT2D eigenvalue weighted by atomic mass is 19.1. The molecule has 2 aromatic heterocycles. The zero-order valence-electron chi connectivity index (χ0n) is 19.4. The van der Waals surface area contributed by atoms with Crippen LogP contribution < -0.4 is 15.0 Å². The topological polar surface area (TPSA) is 81.0 Å². The van der Waals surface area contributed by atoms with Gasteiger partial charge < -0.3 is 15.0 Å². The Labute approximate surface area is 198 Å². The highest BCUT2D eigenvalue weighted by Gasteiger charge is 2.43. The molecule has 4 heterocycles. The fourth-order valence-corrected chi connectivity index (χ4v) is 5.74. The van der Waals surface area contributed by atoms with Crippen molar-refractivity contribution in [1.82, 2.24) is 24.7 Å². The van der Waals surface area contributed by atoms with Crippen LogP contribution in [-0.2, 0) is 6.54 Å². The Balaban J connectivity index is 1.17. The van der Waals surface area contributed by atoms with Crippen LogP contribution in [0.25, 0.3) is 0 Å². The van der Waals surface area contributed by atoms with Crippen molar-refractivity contribution < 1.29 is 9.13 Å². The third-order valence-electron chi connectivity index (χ3n) is 7.41. The highest BCUT2D eigenvalue weighted by molar-refractivity contribution is 5.41. The molecule has 4 atom stereocenters. The first-order chi connectivity index (χ1) is 16.6. The van der Waals surface area contributed by atoms with Gasteiger partial charge in [0.25, 0.3) is 0 Å². The minimum atomic E-state index is -0.265. The SMILES string of the molecule is Cc1cc(N2C[C@H]3CC[C@@H](C2)[C@@H]3Nc2nc3n(n2)CCCC[C@H]3Oc2ccc(F)cc2)ncn1. The molecule has 9 heteroatoms. The molecule has 6 rings (SSSR count). The number of nitrogens with zero attached hydrogens (tertiary/aromatic N) is 6. The van der Waals surface area contributed by atoms with E-state index in [-0.39, 0.29) is 11.9 Å². The first-order valence-electron chi connectivity index (χ1n) is 12.3. The largest absolute Gasteiger partial charge is 0.482 e. The Bertz CT molecular complexity index is 1140. The van der Waals surface area contributed by atoms with Crippen molar-refractivity contribution in [3.05, 3.63) is 54.0 Å². The van der Waals surface area contributed by atoms with E-state index in [9.17, 15) is 4.39 Å². The van der Waals surface area contributed by atoms with Gasteiger partial charge in [0.15, 0.2) is 11.9 Å². The number of fused-ring (bicyclic) bond motifs is 3. The maximum absolute atomic E-state index is 13.3. The molecule has 1 aromatic carbocycles. The Morgan fingerprint density at radius 3 is 2.59 bits per heavy atom. The van der Waals surface area contributed by atoms with Crippen molar-refractivity contribution in [2.75, 3.05) is 23.3 Å². The molecule has 1 aliphatic carbocycles. The van der Waals surface area contributed by atoms with Crippen LogP contribution in [0.2, 0.25) is 0 Å². The second-order valence-corrected chi connectivity index (χ2v) is 9.76. The molecule has 34 heavy (non-hydrogen) atoms. The fraction of sp³-hybridized carbons (Fsp3) is 0.520. The minimum absolute atomic E-state index is 0.185. The smallest absolute Gasteiger partial charge is 0.242 e. The molecule has 3 aliphatic rings. The number of benzene rings is 1. The summed E-state index contributed by atoms with van der Waals surface area (Å²) in [4.78, 5) is 16.0. The van der Waals surface area contributed by atoms with E-state index in [0.29, 0.717) is 29.6 Å². The lowest BCUT2D eigenvalue weighted by atomic mass is 9.92. The second kappa shape index (κ2) is 8.85. The molecular formula is C25H30FN7O.